The third-order valence-corrected chi connectivity index (χ3v) is 6.31. The summed E-state index contributed by atoms with van der Waals surface area (Å²) in [5.41, 5.74) is 0.0526. The first-order valence-corrected chi connectivity index (χ1v) is 13.2. The molecule has 0 unspecified atom stereocenters. The van der Waals surface area contributed by atoms with Crippen LogP contribution in [0, 0.1) is 11.6 Å². The van der Waals surface area contributed by atoms with Crippen LogP contribution < -0.4 is 5.32 Å². The van der Waals surface area contributed by atoms with Crippen LogP contribution in [0.15, 0.2) is 54.7 Å². The molecule has 3 N–H and O–H groups in total. The van der Waals surface area contributed by atoms with Crippen LogP contribution in [0.4, 0.5) is 19.4 Å². The molecule has 0 aliphatic rings. The molecule has 38 heavy (non-hydrogen) atoms. The smallest absolute Gasteiger partial charge is 0.447 e. The first-order chi connectivity index (χ1) is 18.0. The van der Waals surface area contributed by atoms with Gasteiger partial charge in [0.1, 0.15) is 12.4 Å². The number of hydrogen-bond acceptors (Lipinski definition) is 6. The second-order valence-electron chi connectivity index (χ2n) is 8.48. The van der Waals surface area contributed by atoms with E-state index in [0.29, 0.717) is 0 Å². The number of hydrogen-bond donors (Lipinski definition) is 3. The van der Waals surface area contributed by atoms with E-state index in [4.69, 9.17) is 14.5 Å². The van der Waals surface area contributed by atoms with Crippen LogP contribution in [0.3, 0.4) is 0 Å². The highest BCUT2D eigenvalue weighted by atomic mass is 31.2. The maximum Gasteiger partial charge on any atom is 0.469 e. The van der Waals surface area contributed by atoms with Gasteiger partial charge in [0, 0.05) is 25.1 Å². The molecule has 2 aromatic carbocycles. The number of carbonyl (C=O) groups excluding carboxylic acids is 2. The number of benzene rings is 2. The summed E-state index contributed by atoms with van der Waals surface area (Å²) < 4.78 is 48.1. The highest BCUT2D eigenvalue weighted by Gasteiger charge is 2.23. The molecule has 1 atom stereocenters. The lowest BCUT2D eigenvalue weighted by Gasteiger charge is -2.28. The highest BCUT2D eigenvalue weighted by molar-refractivity contribution is 7.46. The number of aryl methyl sites for hydroxylation is 1. The number of phosphoric acid groups is 1. The molecule has 3 rings (SSSR count). The first-order valence-electron chi connectivity index (χ1n) is 11.7. The molecule has 2 amide bonds. The topological polar surface area (TPSA) is 138 Å². The molecule has 10 nitrogen and oxygen atoms in total. The predicted molar refractivity (Wildman–Crippen MR) is 135 cm³/mol. The summed E-state index contributed by atoms with van der Waals surface area (Å²) in [4.78, 5) is 48.4. The standard InChI is InChI=1S/C25H28F2N3O7P/c1-30(23(31)12-11-17-8-4-10-21(26)24(17)27)20(9-5-13-37-38(33,34)35)16-36-25(32)29-22-14-18-6-2-3-7-19(18)15-28-22/h2-4,6-8,10,14-15,20H,5,9,11-13,16H2,1H3,(H,28,29,32)(H2,33,34,35)/t20-/m1/s1. The zero-order valence-electron chi connectivity index (χ0n) is 20.5. The minimum absolute atomic E-state index is 0.0459. The van der Waals surface area contributed by atoms with Crippen LogP contribution in [0.2, 0.25) is 0 Å². The molecule has 204 valence electrons. The van der Waals surface area contributed by atoms with Crippen molar-refractivity contribution in [2.45, 2.75) is 31.7 Å². The number of likely N-dealkylation sites (N-methyl/N-ethyl adjacent to an activating group) is 1. The van der Waals surface area contributed by atoms with E-state index < -0.39 is 37.5 Å². The Labute approximate surface area is 217 Å². The molecule has 0 bridgehead atoms. The highest BCUT2D eigenvalue weighted by Crippen LogP contribution is 2.35. The third kappa shape index (κ3) is 8.84. The minimum Gasteiger partial charge on any atom is -0.447 e. The molecule has 1 aromatic heterocycles. The fraction of sp³-hybridized carbons (Fsp3) is 0.320. The number of ether oxygens (including phenoxy) is 1. The number of halogens is 2. The Hall–Kier alpha value is -3.44. The minimum atomic E-state index is -4.66. The quantitative estimate of drug-likeness (QED) is 0.222. The Morgan fingerprint density at radius 3 is 2.61 bits per heavy atom. The summed E-state index contributed by atoms with van der Waals surface area (Å²) in [7, 11) is -3.20. The lowest BCUT2D eigenvalue weighted by atomic mass is 10.1. The summed E-state index contributed by atoms with van der Waals surface area (Å²) >= 11 is 0. The van der Waals surface area contributed by atoms with Gasteiger partial charge in [-0.1, -0.05) is 36.4 Å². The van der Waals surface area contributed by atoms with Crippen LogP contribution in [0.1, 0.15) is 24.8 Å². The van der Waals surface area contributed by atoms with E-state index in [0.717, 1.165) is 16.8 Å². The van der Waals surface area contributed by atoms with Gasteiger partial charge < -0.3 is 19.4 Å². The number of rotatable bonds is 12. The van der Waals surface area contributed by atoms with Gasteiger partial charge in [-0.15, -0.1) is 0 Å². The number of fused-ring (bicyclic) bond motifs is 1. The van der Waals surface area contributed by atoms with Gasteiger partial charge in [-0.2, -0.15) is 0 Å². The molecule has 0 saturated carbocycles. The van der Waals surface area contributed by atoms with E-state index in [1.54, 1.807) is 12.3 Å². The van der Waals surface area contributed by atoms with Crippen molar-refractivity contribution in [2.75, 3.05) is 25.6 Å². The van der Waals surface area contributed by atoms with Gasteiger partial charge >= 0.3 is 13.9 Å². The monoisotopic (exact) mass is 551 g/mol. The molecular formula is C25H28F2N3O7P. The van der Waals surface area contributed by atoms with Gasteiger partial charge in [-0.05, 0) is 42.3 Å². The number of nitrogens with zero attached hydrogens (tertiary/aromatic N) is 2. The van der Waals surface area contributed by atoms with Crippen LogP contribution in [0.25, 0.3) is 10.8 Å². The lowest BCUT2D eigenvalue weighted by Crippen LogP contribution is -2.41. The molecule has 0 radical (unpaired) electrons. The average Bonchev–Trinajstić information content (AvgIpc) is 2.87. The van der Waals surface area contributed by atoms with E-state index in [1.165, 1.54) is 24.1 Å². The Bertz CT molecular complexity index is 1320. The van der Waals surface area contributed by atoms with Crippen molar-refractivity contribution in [3.05, 3.63) is 71.9 Å². The van der Waals surface area contributed by atoms with Crippen molar-refractivity contribution in [3.63, 3.8) is 0 Å². The SMILES string of the molecule is CN(C(=O)CCc1cccc(F)c1F)[C@H](CCCOP(=O)(O)O)COC(=O)Nc1cc2ccccc2cn1. The van der Waals surface area contributed by atoms with Crippen molar-refractivity contribution in [1.29, 1.82) is 0 Å². The molecule has 0 aliphatic carbocycles. The van der Waals surface area contributed by atoms with Crippen molar-refractivity contribution in [3.8, 4) is 0 Å². The van der Waals surface area contributed by atoms with Gasteiger partial charge in [0.05, 0.1) is 12.6 Å². The lowest BCUT2D eigenvalue weighted by molar-refractivity contribution is -0.133. The molecule has 0 spiro atoms. The number of carbonyl (C=O) groups is 2. The number of pyridine rings is 1. The average molecular weight is 551 g/mol. The second kappa shape index (κ2) is 13.4. The fourth-order valence-corrected chi connectivity index (χ4v) is 4.09. The Balaban J connectivity index is 1.60. The summed E-state index contributed by atoms with van der Waals surface area (Å²) in [5, 5.41) is 4.28. The Morgan fingerprint density at radius 2 is 1.87 bits per heavy atom. The molecule has 0 aliphatic heterocycles. The van der Waals surface area contributed by atoms with Gasteiger partial charge in [0.25, 0.3) is 0 Å². The molecule has 1 heterocycles. The second-order valence-corrected chi connectivity index (χ2v) is 9.72. The Morgan fingerprint density at radius 1 is 1.13 bits per heavy atom. The molecule has 13 heteroatoms. The van der Waals surface area contributed by atoms with Crippen LogP contribution in [-0.2, 0) is 25.0 Å². The van der Waals surface area contributed by atoms with Gasteiger partial charge in [0.15, 0.2) is 11.6 Å². The number of phosphoric ester groups is 1. The largest absolute Gasteiger partial charge is 0.469 e. The third-order valence-electron chi connectivity index (χ3n) is 5.79. The van der Waals surface area contributed by atoms with Crippen LogP contribution >= 0.6 is 7.82 Å². The number of aromatic nitrogens is 1. The normalized spacial score (nSPS) is 12.2. The number of anilines is 1. The zero-order chi connectivity index (χ0) is 27.7. The Kier molecular flexibility index (Phi) is 10.3. The van der Waals surface area contributed by atoms with Gasteiger partial charge in [-0.25, -0.2) is 23.1 Å². The number of nitrogens with one attached hydrogen (secondary N) is 1. The predicted octanol–water partition coefficient (Wildman–Crippen LogP) is 4.41. The fourth-order valence-electron chi connectivity index (χ4n) is 3.72. The first kappa shape index (κ1) is 29.1. The van der Waals surface area contributed by atoms with E-state index in [9.17, 15) is 22.9 Å². The van der Waals surface area contributed by atoms with Crippen LogP contribution in [-0.4, -0.2) is 58.0 Å². The molecule has 3 aromatic rings. The summed E-state index contributed by atoms with van der Waals surface area (Å²) in [6.45, 7) is -0.531. The molecule has 0 saturated heterocycles. The molecule has 0 fully saturated rings. The van der Waals surface area contributed by atoms with Crippen molar-refractivity contribution in [2.24, 2.45) is 0 Å². The maximum atomic E-state index is 13.9. The summed E-state index contributed by atoms with van der Waals surface area (Å²) in [6, 6.07) is 12.2. The zero-order valence-corrected chi connectivity index (χ0v) is 21.4. The van der Waals surface area contributed by atoms with E-state index >= 15 is 0 Å². The van der Waals surface area contributed by atoms with Gasteiger partial charge in [-0.3, -0.25) is 14.6 Å². The maximum absolute atomic E-state index is 13.9. The summed E-state index contributed by atoms with van der Waals surface area (Å²) in [6.07, 6.45) is 0.922. The van der Waals surface area contributed by atoms with Gasteiger partial charge in [0.2, 0.25) is 5.91 Å². The molecular weight excluding hydrogens is 523 g/mol. The van der Waals surface area contributed by atoms with E-state index in [-0.39, 0.29) is 50.3 Å². The van der Waals surface area contributed by atoms with Crippen molar-refractivity contribution >= 4 is 36.4 Å². The van der Waals surface area contributed by atoms with Crippen molar-refractivity contribution in [1.82, 2.24) is 9.88 Å². The van der Waals surface area contributed by atoms with Crippen molar-refractivity contribution < 1.29 is 42.0 Å². The number of amides is 2. The van der Waals surface area contributed by atoms with E-state index in [1.807, 2.05) is 24.3 Å². The van der Waals surface area contributed by atoms with E-state index in [2.05, 4.69) is 14.8 Å². The summed E-state index contributed by atoms with van der Waals surface area (Å²) in [5.74, 6) is -2.18. The van der Waals surface area contributed by atoms with Crippen LogP contribution in [0.5, 0.6) is 0 Å².